The van der Waals surface area contributed by atoms with Crippen molar-refractivity contribution >= 4 is 21.7 Å². The third kappa shape index (κ3) is 3.31. The second-order valence-corrected chi connectivity index (χ2v) is 5.96. The summed E-state index contributed by atoms with van der Waals surface area (Å²) in [6.45, 7) is 4.50. The van der Waals surface area contributed by atoms with Gasteiger partial charge in [-0.3, -0.25) is 4.79 Å². The van der Waals surface area contributed by atoms with Gasteiger partial charge in [0.25, 0.3) is 0 Å². The number of ketones is 1. The van der Waals surface area contributed by atoms with E-state index in [-0.39, 0.29) is 11.7 Å². The SMILES string of the molecule is COc1ccc(Br)cc1Cn1ccc(C(=O)C(C)C)c1. The molecule has 0 radical (unpaired) electrons. The van der Waals surface area contributed by atoms with Crippen molar-refractivity contribution in [1.29, 1.82) is 0 Å². The van der Waals surface area contributed by atoms with E-state index in [4.69, 9.17) is 4.74 Å². The van der Waals surface area contributed by atoms with Crippen LogP contribution in [0.15, 0.2) is 41.1 Å². The third-order valence-electron chi connectivity index (χ3n) is 3.15. The monoisotopic (exact) mass is 335 g/mol. The lowest BCUT2D eigenvalue weighted by atomic mass is 10.0. The number of halogens is 1. The van der Waals surface area contributed by atoms with Gasteiger partial charge in [-0.1, -0.05) is 29.8 Å². The fourth-order valence-corrected chi connectivity index (χ4v) is 2.49. The van der Waals surface area contributed by atoms with E-state index in [1.807, 2.05) is 55.1 Å². The van der Waals surface area contributed by atoms with Crippen LogP contribution in [-0.4, -0.2) is 17.5 Å². The van der Waals surface area contributed by atoms with E-state index in [1.165, 1.54) is 0 Å². The second-order valence-electron chi connectivity index (χ2n) is 5.05. The van der Waals surface area contributed by atoms with E-state index in [0.29, 0.717) is 6.54 Å². The highest BCUT2D eigenvalue weighted by Gasteiger charge is 2.12. The first-order chi connectivity index (χ1) is 9.51. The maximum Gasteiger partial charge on any atom is 0.166 e. The number of rotatable bonds is 5. The number of nitrogens with zero attached hydrogens (tertiary/aromatic N) is 1. The molecule has 2 aromatic rings. The van der Waals surface area contributed by atoms with Crippen LogP contribution in [0.5, 0.6) is 5.75 Å². The average molecular weight is 336 g/mol. The third-order valence-corrected chi connectivity index (χ3v) is 3.65. The summed E-state index contributed by atoms with van der Waals surface area (Å²) in [5.74, 6) is 1.04. The van der Waals surface area contributed by atoms with E-state index in [9.17, 15) is 4.79 Å². The first-order valence-electron chi connectivity index (χ1n) is 6.53. The lowest BCUT2D eigenvalue weighted by molar-refractivity contribution is 0.0939. The van der Waals surface area contributed by atoms with E-state index >= 15 is 0 Å². The fourth-order valence-electron chi connectivity index (χ4n) is 2.09. The Bertz CT molecular complexity index is 617. The number of benzene rings is 1. The quantitative estimate of drug-likeness (QED) is 0.768. The van der Waals surface area contributed by atoms with Crippen LogP contribution >= 0.6 is 15.9 Å². The summed E-state index contributed by atoms with van der Waals surface area (Å²) in [7, 11) is 1.66. The number of ether oxygens (including phenoxy) is 1. The van der Waals surface area contributed by atoms with Crippen molar-refractivity contribution in [3.05, 3.63) is 52.3 Å². The Labute approximate surface area is 127 Å². The lowest BCUT2D eigenvalue weighted by Crippen LogP contribution is -2.06. The van der Waals surface area contributed by atoms with Crippen LogP contribution in [0.2, 0.25) is 0 Å². The highest BCUT2D eigenvalue weighted by atomic mass is 79.9. The molecule has 0 unspecified atom stereocenters. The molecular weight excluding hydrogens is 318 g/mol. The molecule has 0 saturated carbocycles. The van der Waals surface area contributed by atoms with Crippen molar-refractivity contribution in [3.8, 4) is 5.75 Å². The Kier molecular flexibility index (Phi) is 4.65. The predicted molar refractivity (Wildman–Crippen MR) is 83.4 cm³/mol. The van der Waals surface area contributed by atoms with Crippen LogP contribution in [0.3, 0.4) is 0 Å². The van der Waals surface area contributed by atoms with Gasteiger partial charge in [-0.05, 0) is 24.3 Å². The molecule has 0 aliphatic carbocycles. The van der Waals surface area contributed by atoms with Crippen molar-refractivity contribution in [1.82, 2.24) is 4.57 Å². The van der Waals surface area contributed by atoms with E-state index in [1.54, 1.807) is 7.11 Å². The van der Waals surface area contributed by atoms with E-state index in [2.05, 4.69) is 15.9 Å². The Morgan fingerprint density at radius 2 is 2.10 bits per heavy atom. The number of hydrogen-bond donors (Lipinski definition) is 0. The largest absolute Gasteiger partial charge is 0.496 e. The summed E-state index contributed by atoms with van der Waals surface area (Å²) in [6.07, 6.45) is 3.82. The summed E-state index contributed by atoms with van der Waals surface area (Å²) in [6, 6.07) is 7.78. The number of carbonyl (C=O) groups is 1. The summed E-state index contributed by atoms with van der Waals surface area (Å²) >= 11 is 3.47. The van der Waals surface area contributed by atoms with Crippen LogP contribution < -0.4 is 4.74 Å². The van der Waals surface area contributed by atoms with Crippen LogP contribution in [0, 0.1) is 5.92 Å². The van der Waals surface area contributed by atoms with Gasteiger partial charge in [-0.2, -0.15) is 0 Å². The minimum atomic E-state index is 0.0197. The van der Waals surface area contributed by atoms with Crippen LogP contribution in [-0.2, 0) is 6.54 Å². The van der Waals surface area contributed by atoms with Gasteiger partial charge < -0.3 is 9.30 Å². The summed E-state index contributed by atoms with van der Waals surface area (Å²) in [5, 5.41) is 0. The molecule has 106 valence electrons. The topological polar surface area (TPSA) is 31.2 Å². The highest BCUT2D eigenvalue weighted by Crippen LogP contribution is 2.24. The van der Waals surface area contributed by atoms with Gasteiger partial charge in [0.1, 0.15) is 5.75 Å². The number of aromatic nitrogens is 1. The minimum absolute atomic E-state index is 0.0197. The first-order valence-corrected chi connectivity index (χ1v) is 7.33. The Morgan fingerprint density at radius 3 is 2.75 bits per heavy atom. The molecule has 0 saturated heterocycles. The Hall–Kier alpha value is -1.55. The molecule has 0 atom stereocenters. The van der Waals surface area contributed by atoms with Crippen molar-refractivity contribution in [2.75, 3.05) is 7.11 Å². The van der Waals surface area contributed by atoms with Gasteiger partial charge in [-0.25, -0.2) is 0 Å². The van der Waals surface area contributed by atoms with Gasteiger partial charge in [0, 0.05) is 33.9 Å². The molecule has 1 heterocycles. The zero-order chi connectivity index (χ0) is 14.7. The molecule has 1 aromatic carbocycles. The molecular formula is C16H18BrNO2. The summed E-state index contributed by atoms with van der Waals surface area (Å²) in [5.41, 5.74) is 1.83. The number of carbonyl (C=O) groups excluding carboxylic acids is 1. The minimum Gasteiger partial charge on any atom is -0.496 e. The Morgan fingerprint density at radius 1 is 1.35 bits per heavy atom. The molecule has 3 nitrogen and oxygen atoms in total. The average Bonchev–Trinajstić information content (AvgIpc) is 2.86. The van der Waals surface area contributed by atoms with Crippen molar-refractivity contribution in [3.63, 3.8) is 0 Å². The van der Waals surface area contributed by atoms with E-state index < -0.39 is 0 Å². The highest BCUT2D eigenvalue weighted by molar-refractivity contribution is 9.10. The number of hydrogen-bond acceptors (Lipinski definition) is 2. The van der Waals surface area contributed by atoms with Crippen LogP contribution in [0.4, 0.5) is 0 Å². The van der Waals surface area contributed by atoms with Gasteiger partial charge in [0.2, 0.25) is 0 Å². The lowest BCUT2D eigenvalue weighted by Gasteiger charge is -2.10. The standard InChI is InChI=1S/C16H18BrNO2/c1-11(2)16(19)12-6-7-18(9-12)10-13-8-14(17)4-5-15(13)20-3/h4-9,11H,10H2,1-3H3. The molecule has 1 aromatic heterocycles. The van der Waals surface area contributed by atoms with Crippen LogP contribution in [0.25, 0.3) is 0 Å². The van der Waals surface area contributed by atoms with Gasteiger partial charge in [0.05, 0.1) is 13.7 Å². The number of methoxy groups -OCH3 is 1. The fraction of sp³-hybridized carbons (Fsp3) is 0.312. The molecule has 2 rings (SSSR count). The second kappa shape index (κ2) is 6.27. The number of Topliss-reactive ketones (excluding diaryl/α,β-unsaturated/α-hetero) is 1. The molecule has 0 fully saturated rings. The predicted octanol–water partition coefficient (Wildman–Crippen LogP) is 4.15. The Balaban J connectivity index is 2.23. The first kappa shape index (κ1) is 14.9. The molecule has 0 N–H and O–H groups in total. The van der Waals surface area contributed by atoms with Gasteiger partial charge in [0.15, 0.2) is 5.78 Å². The molecule has 20 heavy (non-hydrogen) atoms. The molecule has 0 amide bonds. The van der Waals surface area contributed by atoms with Crippen molar-refractivity contribution in [2.24, 2.45) is 5.92 Å². The zero-order valence-corrected chi connectivity index (χ0v) is 13.5. The van der Waals surface area contributed by atoms with Crippen molar-refractivity contribution in [2.45, 2.75) is 20.4 Å². The maximum atomic E-state index is 11.9. The zero-order valence-electron chi connectivity index (χ0n) is 11.9. The van der Waals surface area contributed by atoms with E-state index in [0.717, 1.165) is 21.3 Å². The normalized spacial score (nSPS) is 10.8. The van der Waals surface area contributed by atoms with Crippen LogP contribution in [0.1, 0.15) is 29.8 Å². The summed E-state index contributed by atoms with van der Waals surface area (Å²) in [4.78, 5) is 11.9. The van der Waals surface area contributed by atoms with Crippen molar-refractivity contribution < 1.29 is 9.53 Å². The van der Waals surface area contributed by atoms with Gasteiger partial charge in [-0.15, -0.1) is 0 Å². The maximum absolute atomic E-state index is 11.9. The summed E-state index contributed by atoms with van der Waals surface area (Å²) < 4.78 is 8.38. The smallest absolute Gasteiger partial charge is 0.166 e. The van der Waals surface area contributed by atoms with Gasteiger partial charge >= 0.3 is 0 Å². The molecule has 0 bridgehead atoms. The molecule has 0 aliphatic heterocycles. The molecule has 0 aliphatic rings. The molecule has 0 spiro atoms. The molecule has 4 heteroatoms.